The zero-order valence-corrected chi connectivity index (χ0v) is 18.8. The van der Waals surface area contributed by atoms with Gasteiger partial charge in [0.05, 0.1) is 0 Å². The summed E-state index contributed by atoms with van der Waals surface area (Å²) in [7, 11) is -3.62. The van der Waals surface area contributed by atoms with E-state index in [-0.39, 0.29) is 10.3 Å². The molecule has 134 valence electrons. The Labute approximate surface area is 154 Å². The Balaban J connectivity index is 2.09. The second-order valence-corrected chi connectivity index (χ2v) is 24.4. The topological polar surface area (TPSA) is 46.6 Å². The van der Waals surface area contributed by atoms with Crippen molar-refractivity contribution in [1.29, 1.82) is 0 Å². The normalized spacial score (nSPS) is 22.2. The van der Waals surface area contributed by atoms with Crippen LogP contribution in [-0.4, -0.2) is 42.0 Å². The van der Waals surface area contributed by atoms with Crippen LogP contribution in [0.4, 0.5) is 0 Å². The van der Waals surface area contributed by atoms with Gasteiger partial charge < -0.3 is 0 Å². The van der Waals surface area contributed by atoms with Crippen molar-refractivity contribution < 1.29 is 13.2 Å². The average Bonchev–Trinajstić information content (AvgIpc) is 3.02. The summed E-state index contributed by atoms with van der Waals surface area (Å²) in [6.45, 7) is 2.37. The number of rotatable bonds is 4. The summed E-state index contributed by atoms with van der Waals surface area (Å²) in [6.07, 6.45) is 0. The van der Waals surface area contributed by atoms with E-state index >= 15 is 0 Å². The Morgan fingerprint density at radius 2 is 1.60 bits per heavy atom. The van der Waals surface area contributed by atoms with Crippen molar-refractivity contribution in [2.45, 2.75) is 36.9 Å². The molecule has 2 aromatic carbocycles. The van der Waals surface area contributed by atoms with E-state index in [9.17, 15) is 8.42 Å². The second-order valence-electron chi connectivity index (χ2n) is 7.63. The van der Waals surface area contributed by atoms with E-state index in [4.69, 9.17) is 4.74 Å². The SMILES string of the molecule is Cc1ccc(S(=O)(=O)N2[C@H](c3ccccc3)CO[C@@H]2[Sn]([CH3])([CH3])[CH3])cc1. The number of nitrogens with zero attached hydrogens (tertiary/aromatic N) is 1. The van der Waals surface area contributed by atoms with Crippen LogP contribution in [0.5, 0.6) is 0 Å². The molecular formula is C19H25NO3SSn. The number of benzene rings is 2. The van der Waals surface area contributed by atoms with Gasteiger partial charge in [-0.3, -0.25) is 0 Å². The maximum atomic E-state index is 13.5. The van der Waals surface area contributed by atoms with Crippen molar-refractivity contribution in [2.75, 3.05) is 6.61 Å². The van der Waals surface area contributed by atoms with Gasteiger partial charge in [0, 0.05) is 0 Å². The van der Waals surface area contributed by atoms with E-state index in [0.717, 1.165) is 11.1 Å². The fourth-order valence-electron chi connectivity index (χ4n) is 3.17. The van der Waals surface area contributed by atoms with Gasteiger partial charge in [-0.15, -0.1) is 0 Å². The summed E-state index contributed by atoms with van der Waals surface area (Å²) in [6, 6.07) is 16.6. The summed E-state index contributed by atoms with van der Waals surface area (Å²) in [4.78, 5) is 6.98. The van der Waals surface area contributed by atoms with E-state index in [1.165, 1.54) is 0 Å². The molecule has 0 radical (unpaired) electrons. The standard InChI is InChI=1S/C16H16NO3S.3CH3.Sn/c1-13-7-9-15(10-8-13)21(18,19)17-12-20-11-16(17)14-5-3-2-4-6-14;;;;/h2-10,12,16H,11H2,1H3;3*1H3;/t16-;;;;/m0..../s1. The molecule has 4 nitrogen and oxygen atoms in total. The molecule has 0 unspecified atom stereocenters. The van der Waals surface area contributed by atoms with Crippen LogP contribution < -0.4 is 0 Å². The van der Waals surface area contributed by atoms with Gasteiger partial charge >= 0.3 is 155 Å². The number of hydrogen-bond acceptors (Lipinski definition) is 3. The molecule has 0 bridgehead atoms. The van der Waals surface area contributed by atoms with Crippen LogP contribution in [0, 0.1) is 6.92 Å². The van der Waals surface area contributed by atoms with Crippen molar-refractivity contribution >= 4 is 28.4 Å². The first-order chi connectivity index (χ1) is 11.7. The number of aryl methyl sites for hydroxylation is 1. The molecule has 6 heteroatoms. The number of hydrogen-bond donors (Lipinski definition) is 0. The molecule has 0 aliphatic carbocycles. The van der Waals surface area contributed by atoms with E-state index in [2.05, 4.69) is 14.8 Å². The van der Waals surface area contributed by atoms with Crippen molar-refractivity contribution in [3.8, 4) is 0 Å². The predicted molar refractivity (Wildman–Crippen MR) is 102 cm³/mol. The van der Waals surface area contributed by atoms with Crippen LogP contribution in [-0.2, 0) is 14.8 Å². The monoisotopic (exact) mass is 467 g/mol. The molecule has 25 heavy (non-hydrogen) atoms. The number of sulfonamides is 1. The predicted octanol–water partition coefficient (Wildman–Crippen LogP) is 3.96. The van der Waals surface area contributed by atoms with Gasteiger partial charge in [-0.25, -0.2) is 0 Å². The quantitative estimate of drug-likeness (QED) is 0.642. The summed E-state index contributed by atoms with van der Waals surface area (Å²) in [5, 5.41) is 0. The molecule has 2 atom stereocenters. The van der Waals surface area contributed by atoms with E-state index in [1.807, 2.05) is 49.4 Å². The molecule has 1 heterocycles. The Kier molecular flexibility index (Phi) is 5.30. The summed E-state index contributed by atoms with van der Waals surface area (Å²) in [5.74, 6) is 0. The maximum absolute atomic E-state index is 13.5. The minimum absolute atomic E-state index is 0.270. The number of ether oxygens (including phenoxy) is 1. The molecule has 0 amide bonds. The fourth-order valence-corrected chi connectivity index (χ4v) is 12.4. The van der Waals surface area contributed by atoms with Gasteiger partial charge in [0.15, 0.2) is 0 Å². The third-order valence-electron chi connectivity index (χ3n) is 4.47. The summed E-state index contributed by atoms with van der Waals surface area (Å²) >= 11 is -2.69. The van der Waals surface area contributed by atoms with Gasteiger partial charge in [-0.05, 0) is 0 Å². The molecule has 1 fully saturated rings. The van der Waals surface area contributed by atoms with E-state index < -0.39 is 28.4 Å². The van der Waals surface area contributed by atoms with Gasteiger partial charge in [0.25, 0.3) is 0 Å². The summed E-state index contributed by atoms with van der Waals surface area (Å²) in [5.41, 5.74) is 2.03. The fraction of sp³-hybridized carbons (Fsp3) is 0.368. The van der Waals surface area contributed by atoms with E-state index in [1.54, 1.807) is 16.4 Å². The molecule has 0 spiro atoms. The Morgan fingerprint density at radius 3 is 2.16 bits per heavy atom. The Morgan fingerprint density at radius 1 is 1.00 bits per heavy atom. The molecule has 1 aliphatic rings. The van der Waals surface area contributed by atoms with Gasteiger partial charge in [-0.2, -0.15) is 0 Å². The van der Waals surface area contributed by atoms with Gasteiger partial charge in [0.1, 0.15) is 0 Å². The molecule has 3 rings (SSSR count). The van der Waals surface area contributed by atoms with Crippen molar-refractivity contribution in [3.63, 3.8) is 0 Å². The van der Waals surface area contributed by atoms with Crippen molar-refractivity contribution in [2.24, 2.45) is 0 Å². The van der Waals surface area contributed by atoms with Crippen LogP contribution in [0.25, 0.3) is 0 Å². The van der Waals surface area contributed by atoms with Crippen molar-refractivity contribution in [1.82, 2.24) is 4.31 Å². The molecular weight excluding hydrogens is 441 g/mol. The van der Waals surface area contributed by atoms with E-state index in [0.29, 0.717) is 11.5 Å². The average molecular weight is 466 g/mol. The van der Waals surface area contributed by atoms with Crippen LogP contribution in [0.3, 0.4) is 0 Å². The van der Waals surface area contributed by atoms with Gasteiger partial charge in [0.2, 0.25) is 0 Å². The molecule has 2 aromatic rings. The first-order valence-electron chi connectivity index (χ1n) is 8.48. The first kappa shape index (κ1) is 18.9. The summed E-state index contributed by atoms with van der Waals surface area (Å²) < 4.78 is 34.3. The molecule has 0 aromatic heterocycles. The Hall–Kier alpha value is -0.891. The van der Waals surface area contributed by atoms with Crippen LogP contribution >= 0.6 is 0 Å². The third-order valence-corrected chi connectivity index (χ3v) is 12.4. The third kappa shape index (κ3) is 3.79. The molecule has 0 saturated carbocycles. The van der Waals surface area contributed by atoms with Gasteiger partial charge in [-0.1, -0.05) is 0 Å². The molecule has 1 aliphatic heterocycles. The van der Waals surface area contributed by atoms with Crippen LogP contribution in [0.1, 0.15) is 17.2 Å². The van der Waals surface area contributed by atoms with Crippen LogP contribution in [0.2, 0.25) is 14.8 Å². The Bertz CT molecular complexity index is 829. The zero-order valence-electron chi connectivity index (χ0n) is 15.1. The second kappa shape index (κ2) is 7.02. The molecule has 1 saturated heterocycles. The minimum atomic E-state index is -3.62. The van der Waals surface area contributed by atoms with Crippen molar-refractivity contribution in [3.05, 3.63) is 65.7 Å². The first-order valence-corrected chi connectivity index (χ1v) is 20.1. The zero-order chi connectivity index (χ0) is 18.2. The van der Waals surface area contributed by atoms with Crippen LogP contribution in [0.15, 0.2) is 59.5 Å². The molecule has 0 N–H and O–H groups in total.